The Morgan fingerprint density at radius 1 is 0.925 bits per heavy atom. The number of carbonyl (C=O) groups is 3. The topological polar surface area (TPSA) is 117 Å². The molecule has 53 heavy (non-hydrogen) atoms. The van der Waals surface area contributed by atoms with E-state index in [4.69, 9.17) is 9.84 Å². The van der Waals surface area contributed by atoms with Gasteiger partial charge >= 0.3 is 0 Å². The van der Waals surface area contributed by atoms with Gasteiger partial charge in [0.2, 0.25) is 0 Å². The van der Waals surface area contributed by atoms with Crippen LogP contribution in [-0.2, 0) is 17.8 Å². The lowest BCUT2D eigenvalue weighted by Gasteiger charge is -2.36. The molecule has 0 aliphatic carbocycles. The number of nitrogens with zero attached hydrogens (tertiary/aromatic N) is 4. The van der Waals surface area contributed by atoms with Crippen LogP contribution in [0, 0.1) is 6.92 Å². The first-order valence-corrected chi connectivity index (χ1v) is 18.3. The molecule has 3 amide bonds. The van der Waals surface area contributed by atoms with Crippen molar-refractivity contribution < 1.29 is 24.2 Å². The first kappa shape index (κ1) is 36.9. The van der Waals surface area contributed by atoms with Crippen molar-refractivity contribution in [1.29, 1.82) is 0 Å². The number of hydrogen-bond acceptors (Lipinski definition) is 6. The van der Waals surface area contributed by atoms with Crippen molar-refractivity contribution in [3.63, 3.8) is 0 Å². The molecule has 10 heteroatoms. The summed E-state index contributed by atoms with van der Waals surface area (Å²) in [6.45, 7) is 11.1. The van der Waals surface area contributed by atoms with Crippen molar-refractivity contribution in [2.75, 3.05) is 25.0 Å². The number of carbonyl (C=O) groups excluding carboxylic acids is 3. The Morgan fingerprint density at radius 2 is 1.62 bits per heavy atom. The van der Waals surface area contributed by atoms with E-state index in [9.17, 15) is 19.5 Å². The number of aliphatic hydroxyl groups is 1. The Kier molecular flexibility index (Phi) is 11.6. The van der Waals surface area contributed by atoms with Gasteiger partial charge < -0.3 is 25.0 Å². The van der Waals surface area contributed by atoms with Crippen molar-refractivity contribution in [3.8, 4) is 11.4 Å². The van der Waals surface area contributed by atoms with E-state index in [1.54, 1.807) is 33.8 Å². The minimum absolute atomic E-state index is 0.119. The van der Waals surface area contributed by atoms with E-state index >= 15 is 0 Å². The summed E-state index contributed by atoms with van der Waals surface area (Å²) in [6.07, 6.45) is 4.12. The van der Waals surface area contributed by atoms with E-state index in [0.29, 0.717) is 48.0 Å². The minimum atomic E-state index is -0.667. The van der Waals surface area contributed by atoms with E-state index in [1.165, 1.54) is 0 Å². The molecule has 1 aromatic heterocycles. The molecular formula is C43H47N5O5. The molecule has 1 aliphatic heterocycles. The van der Waals surface area contributed by atoms with E-state index in [-0.39, 0.29) is 36.3 Å². The van der Waals surface area contributed by atoms with Crippen LogP contribution in [0.1, 0.15) is 77.2 Å². The Balaban J connectivity index is 1.33. The second-order valence-corrected chi connectivity index (χ2v) is 13.5. The molecule has 274 valence electrons. The summed E-state index contributed by atoms with van der Waals surface area (Å²) in [5, 5.41) is 20.3. The van der Waals surface area contributed by atoms with Crippen molar-refractivity contribution in [1.82, 2.24) is 19.6 Å². The molecule has 1 aliphatic rings. The maximum absolute atomic E-state index is 14.7. The van der Waals surface area contributed by atoms with Crippen LogP contribution in [0.2, 0.25) is 0 Å². The molecule has 1 atom stereocenters. The van der Waals surface area contributed by atoms with Gasteiger partial charge in [-0.25, -0.2) is 4.68 Å². The predicted molar refractivity (Wildman–Crippen MR) is 208 cm³/mol. The van der Waals surface area contributed by atoms with Crippen molar-refractivity contribution >= 4 is 34.2 Å². The largest absolute Gasteiger partial charge is 0.511 e. The molecule has 0 bridgehead atoms. The van der Waals surface area contributed by atoms with Crippen LogP contribution in [0.15, 0.2) is 103 Å². The zero-order valence-corrected chi connectivity index (χ0v) is 30.7. The Morgan fingerprint density at radius 3 is 2.36 bits per heavy atom. The lowest BCUT2D eigenvalue weighted by atomic mass is 9.92. The van der Waals surface area contributed by atoms with Gasteiger partial charge in [-0.1, -0.05) is 93.9 Å². The number of nitrogens with one attached hydrogen (secondary N) is 1. The highest BCUT2D eigenvalue weighted by Gasteiger charge is 2.34. The second kappa shape index (κ2) is 16.6. The number of rotatable bonds is 14. The third-order valence-corrected chi connectivity index (χ3v) is 9.70. The fourth-order valence-corrected chi connectivity index (χ4v) is 6.82. The molecular weight excluding hydrogens is 667 g/mol. The molecule has 6 rings (SSSR count). The molecule has 5 aromatic rings. The number of aryl methyl sites for hydroxylation is 1. The molecule has 4 aromatic carbocycles. The van der Waals surface area contributed by atoms with Gasteiger partial charge in [-0.2, -0.15) is 5.10 Å². The first-order valence-electron chi connectivity index (χ1n) is 18.3. The standard InChI is InChI=1S/C43H47N5O5/c1-5-7-22-46(23-8-6-2)43(52)37-24-29(3)48(45-37)38-21-20-34(44-41(50)28-53-40-19-13-17-31-14-11-12-18-35(31)40)26-36(38)42(51)47-27-33-16-10-9-15-32(33)25-39(47)30(4)49/h9-21,24,26,39,49H,4-8,22-23,25,27-28H2,1-3H3,(H,44,50)/t39-/m0/s1. The molecule has 0 unspecified atom stereocenters. The van der Waals surface area contributed by atoms with E-state index in [2.05, 4.69) is 25.7 Å². The zero-order valence-electron chi connectivity index (χ0n) is 30.7. The van der Waals surface area contributed by atoms with Crippen LogP contribution in [0.25, 0.3) is 16.5 Å². The van der Waals surface area contributed by atoms with E-state index in [0.717, 1.165) is 47.6 Å². The Hall–Kier alpha value is -5.90. The number of unbranched alkanes of at least 4 members (excludes halogenated alkanes) is 2. The summed E-state index contributed by atoms with van der Waals surface area (Å²) >= 11 is 0. The third kappa shape index (κ3) is 8.27. The van der Waals surface area contributed by atoms with Gasteiger partial charge in [0.25, 0.3) is 17.7 Å². The number of hydrogen-bond donors (Lipinski definition) is 2. The smallest absolute Gasteiger partial charge is 0.274 e. The third-order valence-electron chi connectivity index (χ3n) is 9.70. The number of ether oxygens (including phenoxy) is 1. The fourth-order valence-electron chi connectivity index (χ4n) is 6.82. The number of benzene rings is 4. The summed E-state index contributed by atoms with van der Waals surface area (Å²) in [5.41, 5.74) is 4.02. The van der Waals surface area contributed by atoms with Crippen LogP contribution in [-0.4, -0.2) is 68.1 Å². The van der Waals surface area contributed by atoms with Crippen LogP contribution < -0.4 is 10.1 Å². The van der Waals surface area contributed by atoms with Gasteiger partial charge in [-0.3, -0.25) is 14.4 Å². The molecule has 0 saturated heterocycles. The number of aromatic nitrogens is 2. The fraction of sp³-hybridized carbons (Fsp3) is 0.302. The molecule has 0 fully saturated rings. The normalized spacial score (nSPS) is 13.7. The monoisotopic (exact) mass is 713 g/mol. The maximum Gasteiger partial charge on any atom is 0.274 e. The summed E-state index contributed by atoms with van der Waals surface area (Å²) in [6, 6.07) is 27.4. The lowest BCUT2D eigenvalue weighted by molar-refractivity contribution is -0.118. The second-order valence-electron chi connectivity index (χ2n) is 13.5. The van der Waals surface area contributed by atoms with Crippen molar-refractivity contribution in [2.45, 2.75) is 65.5 Å². The average Bonchev–Trinajstić information content (AvgIpc) is 3.56. The molecule has 0 radical (unpaired) electrons. The van der Waals surface area contributed by atoms with Crippen LogP contribution in [0.4, 0.5) is 5.69 Å². The SMILES string of the molecule is C=C(O)[C@@H]1Cc2ccccc2CN1C(=O)c1cc(NC(=O)COc2cccc3ccccc23)ccc1-n1nc(C(=O)N(CCCC)CCCC)cc1C. The van der Waals surface area contributed by atoms with Gasteiger partial charge in [-0.05, 0) is 66.6 Å². The van der Waals surface area contributed by atoms with Crippen molar-refractivity contribution in [2.24, 2.45) is 0 Å². The van der Waals surface area contributed by atoms with E-state index in [1.807, 2.05) is 78.6 Å². The lowest BCUT2D eigenvalue weighted by Crippen LogP contribution is -2.45. The van der Waals surface area contributed by atoms with Gasteiger partial charge in [-0.15, -0.1) is 0 Å². The maximum atomic E-state index is 14.7. The number of anilines is 1. The molecule has 2 N–H and O–H groups in total. The number of fused-ring (bicyclic) bond motifs is 2. The molecule has 0 saturated carbocycles. The Labute approximate surface area is 310 Å². The van der Waals surface area contributed by atoms with Gasteiger partial charge in [0, 0.05) is 42.8 Å². The van der Waals surface area contributed by atoms with Crippen LogP contribution >= 0.6 is 0 Å². The number of aliphatic hydroxyl groups excluding tert-OH is 1. The van der Waals surface area contributed by atoms with Gasteiger partial charge in [0.1, 0.15) is 11.5 Å². The highest BCUT2D eigenvalue weighted by Crippen LogP contribution is 2.31. The highest BCUT2D eigenvalue weighted by molar-refractivity contribution is 6.01. The van der Waals surface area contributed by atoms with E-state index < -0.39 is 11.9 Å². The van der Waals surface area contributed by atoms with Gasteiger partial charge in [0.05, 0.1) is 17.3 Å². The molecule has 2 heterocycles. The van der Waals surface area contributed by atoms with Crippen LogP contribution in [0.3, 0.4) is 0 Å². The molecule has 0 spiro atoms. The highest BCUT2D eigenvalue weighted by atomic mass is 16.5. The summed E-state index contributed by atoms with van der Waals surface area (Å²) in [5.74, 6) is -0.464. The van der Waals surface area contributed by atoms with Crippen molar-refractivity contribution in [3.05, 3.63) is 131 Å². The quantitative estimate of drug-likeness (QED) is 0.113. The predicted octanol–water partition coefficient (Wildman–Crippen LogP) is 8.03. The average molecular weight is 714 g/mol. The Bertz CT molecular complexity index is 2130. The summed E-state index contributed by atoms with van der Waals surface area (Å²) in [7, 11) is 0. The first-order chi connectivity index (χ1) is 25.7. The van der Waals surface area contributed by atoms with Gasteiger partial charge in [0.15, 0.2) is 12.3 Å². The molecule has 10 nitrogen and oxygen atoms in total. The summed E-state index contributed by atoms with van der Waals surface area (Å²) < 4.78 is 7.53. The van der Waals surface area contributed by atoms with Crippen LogP contribution in [0.5, 0.6) is 5.75 Å². The minimum Gasteiger partial charge on any atom is -0.511 e. The summed E-state index contributed by atoms with van der Waals surface area (Å²) in [4.78, 5) is 45.2. The zero-order chi connectivity index (χ0) is 37.5. The number of amides is 3.